The van der Waals surface area contributed by atoms with Gasteiger partial charge in [0, 0.05) is 11.1 Å². The van der Waals surface area contributed by atoms with E-state index in [0.717, 1.165) is 17.4 Å². The van der Waals surface area contributed by atoms with Gasteiger partial charge in [0.1, 0.15) is 4.60 Å². The Bertz CT molecular complexity index is 525. The molecule has 0 saturated heterocycles. The summed E-state index contributed by atoms with van der Waals surface area (Å²) in [4.78, 5) is 17.4. The Kier molecular flexibility index (Phi) is 5.10. The summed E-state index contributed by atoms with van der Waals surface area (Å²) in [7, 11) is 0. The number of nitrogens with zero attached hydrogens (tertiary/aromatic N) is 1. The second-order valence-electron chi connectivity index (χ2n) is 4.20. The van der Waals surface area contributed by atoms with Crippen molar-refractivity contribution in [3.63, 3.8) is 0 Å². The Morgan fingerprint density at radius 1 is 1.47 bits per heavy atom. The molecule has 0 spiro atoms. The van der Waals surface area contributed by atoms with Crippen LogP contribution in [0.15, 0.2) is 40.4 Å². The van der Waals surface area contributed by atoms with Crippen molar-refractivity contribution in [1.82, 2.24) is 10.3 Å². The predicted octanol–water partition coefficient (Wildman–Crippen LogP) is 4.18. The highest BCUT2D eigenvalue weighted by molar-refractivity contribution is 9.10. The fraction of sp³-hybridized carbons (Fsp3) is 0.286. The molecular formula is C14H15BrN2OS. The van der Waals surface area contributed by atoms with Gasteiger partial charge in [-0.1, -0.05) is 19.4 Å². The number of pyridine rings is 1. The van der Waals surface area contributed by atoms with Crippen molar-refractivity contribution in [2.75, 3.05) is 0 Å². The summed E-state index contributed by atoms with van der Waals surface area (Å²) in [6.45, 7) is 2.12. The van der Waals surface area contributed by atoms with Crippen LogP contribution in [0, 0.1) is 0 Å². The van der Waals surface area contributed by atoms with Crippen LogP contribution in [0.4, 0.5) is 0 Å². The molecule has 1 N–H and O–H groups in total. The summed E-state index contributed by atoms with van der Waals surface area (Å²) in [5, 5.41) is 5.11. The van der Waals surface area contributed by atoms with Gasteiger partial charge in [-0.2, -0.15) is 0 Å². The number of hydrogen-bond acceptors (Lipinski definition) is 3. The minimum absolute atomic E-state index is 0.0770. The summed E-state index contributed by atoms with van der Waals surface area (Å²) in [6, 6.07) is 7.70. The summed E-state index contributed by atoms with van der Waals surface area (Å²) in [5.74, 6) is -0.0770. The van der Waals surface area contributed by atoms with E-state index in [-0.39, 0.29) is 11.9 Å². The first kappa shape index (κ1) is 14.2. The third-order valence-corrected chi connectivity index (χ3v) is 4.21. The maximum absolute atomic E-state index is 12.2. The molecule has 5 heteroatoms. The van der Waals surface area contributed by atoms with Crippen molar-refractivity contribution in [2.45, 2.75) is 25.8 Å². The molecule has 0 aliphatic rings. The van der Waals surface area contributed by atoms with Crippen LogP contribution in [-0.2, 0) is 0 Å². The number of nitrogens with one attached hydrogen (secondary N) is 1. The molecule has 0 bridgehead atoms. The molecule has 1 atom stereocenters. The van der Waals surface area contributed by atoms with Crippen molar-refractivity contribution >= 4 is 33.2 Å². The number of thiophene rings is 1. The molecule has 0 fully saturated rings. The molecule has 3 nitrogen and oxygen atoms in total. The number of carbonyl (C=O) groups is 1. The molecule has 0 radical (unpaired) electrons. The summed E-state index contributed by atoms with van der Waals surface area (Å²) in [5.41, 5.74) is 0.584. The van der Waals surface area contributed by atoms with Gasteiger partial charge in [0.05, 0.1) is 11.6 Å². The molecule has 2 aromatic heterocycles. The van der Waals surface area contributed by atoms with Crippen molar-refractivity contribution in [3.05, 3.63) is 50.9 Å². The molecule has 19 heavy (non-hydrogen) atoms. The molecule has 0 aromatic carbocycles. The van der Waals surface area contributed by atoms with Gasteiger partial charge >= 0.3 is 0 Å². The van der Waals surface area contributed by atoms with Crippen LogP contribution in [0.2, 0.25) is 0 Å². The summed E-state index contributed by atoms with van der Waals surface area (Å²) >= 11 is 4.93. The first-order valence-corrected chi connectivity index (χ1v) is 7.83. The highest BCUT2D eigenvalue weighted by Crippen LogP contribution is 2.23. The van der Waals surface area contributed by atoms with E-state index in [4.69, 9.17) is 0 Å². The number of amides is 1. The number of halogens is 1. The zero-order valence-corrected chi connectivity index (χ0v) is 13.0. The van der Waals surface area contributed by atoms with Crippen LogP contribution >= 0.6 is 27.3 Å². The maximum atomic E-state index is 12.2. The lowest BCUT2D eigenvalue weighted by Gasteiger charge is -2.16. The van der Waals surface area contributed by atoms with Gasteiger partial charge in [-0.3, -0.25) is 4.79 Å². The fourth-order valence-corrected chi connectivity index (χ4v) is 2.86. The van der Waals surface area contributed by atoms with Gasteiger partial charge < -0.3 is 5.32 Å². The van der Waals surface area contributed by atoms with Crippen LogP contribution in [0.3, 0.4) is 0 Å². The second kappa shape index (κ2) is 6.82. The predicted molar refractivity (Wildman–Crippen MR) is 81.4 cm³/mol. The van der Waals surface area contributed by atoms with Gasteiger partial charge in [-0.15, -0.1) is 11.3 Å². The van der Waals surface area contributed by atoms with Crippen LogP contribution in [0.1, 0.15) is 41.0 Å². The Morgan fingerprint density at radius 3 is 2.89 bits per heavy atom. The zero-order chi connectivity index (χ0) is 13.7. The van der Waals surface area contributed by atoms with Gasteiger partial charge in [-0.25, -0.2) is 4.98 Å². The average Bonchev–Trinajstić information content (AvgIpc) is 2.92. The van der Waals surface area contributed by atoms with Crippen LogP contribution in [0.5, 0.6) is 0 Å². The fourth-order valence-electron chi connectivity index (χ4n) is 1.82. The van der Waals surface area contributed by atoms with Crippen LogP contribution in [-0.4, -0.2) is 10.9 Å². The largest absolute Gasteiger partial charge is 0.344 e. The van der Waals surface area contributed by atoms with E-state index < -0.39 is 0 Å². The minimum Gasteiger partial charge on any atom is -0.344 e. The molecule has 0 aliphatic carbocycles. The standard InChI is InChI=1S/C14H15BrN2OS/c1-2-4-11(12-5-3-8-19-12)17-14(18)10-6-7-13(15)16-9-10/h3,5-9,11H,2,4H2,1H3,(H,17,18). The van der Waals surface area contributed by atoms with Crippen molar-refractivity contribution in [2.24, 2.45) is 0 Å². The van der Waals surface area contributed by atoms with E-state index in [0.29, 0.717) is 5.56 Å². The summed E-state index contributed by atoms with van der Waals surface area (Å²) < 4.78 is 0.729. The lowest BCUT2D eigenvalue weighted by atomic mass is 10.1. The molecule has 1 unspecified atom stereocenters. The average molecular weight is 339 g/mol. The van der Waals surface area contributed by atoms with E-state index in [2.05, 4.69) is 39.2 Å². The second-order valence-corrected chi connectivity index (χ2v) is 5.99. The molecule has 0 aliphatic heterocycles. The smallest absolute Gasteiger partial charge is 0.253 e. The number of hydrogen-bond donors (Lipinski definition) is 1. The van der Waals surface area contributed by atoms with Gasteiger partial charge in [0.2, 0.25) is 0 Å². The lowest BCUT2D eigenvalue weighted by Crippen LogP contribution is -2.28. The van der Waals surface area contributed by atoms with Gasteiger partial charge in [-0.05, 0) is 45.9 Å². The van der Waals surface area contributed by atoms with Crippen molar-refractivity contribution in [1.29, 1.82) is 0 Å². The highest BCUT2D eigenvalue weighted by atomic mass is 79.9. The normalized spacial score (nSPS) is 12.1. The number of carbonyl (C=O) groups excluding carboxylic acids is 1. The number of rotatable bonds is 5. The minimum atomic E-state index is -0.0770. The van der Waals surface area contributed by atoms with E-state index in [9.17, 15) is 4.79 Å². The molecule has 2 aromatic rings. The molecule has 1 amide bonds. The first-order valence-electron chi connectivity index (χ1n) is 6.16. The molecule has 2 rings (SSSR count). The lowest BCUT2D eigenvalue weighted by molar-refractivity contribution is 0.0935. The SMILES string of the molecule is CCCC(NC(=O)c1ccc(Br)nc1)c1cccs1. The Balaban J connectivity index is 2.09. The molecule has 100 valence electrons. The van der Waals surface area contributed by atoms with Crippen LogP contribution in [0.25, 0.3) is 0 Å². The van der Waals surface area contributed by atoms with Gasteiger partial charge in [0.15, 0.2) is 0 Å². The molecule has 2 heterocycles. The Labute approximate surface area is 125 Å². The topological polar surface area (TPSA) is 42.0 Å². The monoisotopic (exact) mass is 338 g/mol. The highest BCUT2D eigenvalue weighted by Gasteiger charge is 2.15. The number of aromatic nitrogens is 1. The van der Waals surface area contributed by atoms with E-state index in [1.807, 2.05) is 11.4 Å². The third-order valence-electron chi connectivity index (χ3n) is 2.76. The van der Waals surface area contributed by atoms with E-state index in [1.54, 1.807) is 29.7 Å². The summed E-state index contributed by atoms with van der Waals surface area (Å²) in [6.07, 6.45) is 3.55. The quantitative estimate of drug-likeness (QED) is 0.831. The maximum Gasteiger partial charge on any atom is 0.253 e. The Morgan fingerprint density at radius 2 is 2.32 bits per heavy atom. The third kappa shape index (κ3) is 3.88. The van der Waals surface area contributed by atoms with Crippen molar-refractivity contribution in [3.8, 4) is 0 Å². The molecular weight excluding hydrogens is 324 g/mol. The zero-order valence-electron chi connectivity index (χ0n) is 10.6. The van der Waals surface area contributed by atoms with E-state index in [1.165, 1.54) is 4.88 Å². The first-order chi connectivity index (χ1) is 9.20. The van der Waals surface area contributed by atoms with Crippen molar-refractivity contribution < 1.29 is 4.79 Å². The Hall–Kier alpha value is -1.20. The van der Waals surface area contributed by atoms with Gasteiger partial charge in [0.25, 0.3) is 5.91 Å². The molecule has 0 saturated carbocycles. The van der Waals surface area contributed by atoms with Crippen LogP contribution < -0.4 is 5.32 Å². The van der Waals surface area contributed by atoms with E-state index >= 15 is 0 Å².